The van der Waals surface area contributed by atoms with Crippen molar-refractivity contribution in [2.75, 3.05) is 12.4 Å². The first-order valence-electron chi connectivity index (χ1n) is 3.79. The lowest BCUT2D eigenvalue weighted by molar-refractivity contribution is 0.112. The second-order valence-corrected chi connectivity index (χ2v) is 3.33. The maximum Gasteiger partial charge on any atom is 0.394 e. The van der Waals surface area contributed by atoms with Crippen LogP contribution in [0.5, 0.6) is 0 Å². The fourth-order valence-electron chi connectivity index (χ4n) is 0.728. The number of aldehydes is 1. The number of rotatable bonds is 2. The molecule has 0 unspecified atom stereocenters. The van der Waals surface area contributed by atoms with Crippen molar-refractivity contribution >= 4 is 22.4 Å². The van der Waals surface area contributed by atoms with Crippen LogP contribution < -0.4 is 5.32 Å². The molecule has 3 N–H and O–H groups in total. The summed E-state index contributed by atoms with van der Waals surface area (Å²) in [5.74, 6) is 0. The number of hydrogen-bond acceptors (Lipinski definition) is 4. The summed E-state index contributed by atoms with van der Waals surface area (Å²) in [7, 11) is -2.82. The summed E-state index contributed by atoms with van der Waals surface area (Å²) in [4.78, 5) is 10.2. The predicted molar refractivity (Wildman–Crippen MR) is 55.6 cm³/mol. The van der Waals surface area contributed by atoms with E-state index in [1.54, 1.807) is 12.1 Å². The molecule has 0 aliphatic rings. The van der Waals surface area contributed by atoms with Gasteiger partial charge in [-0.1, -0.05) is 0 Å². The fraction of sp³-hybridized carbons (Fsp3) is 0.125. The standard InChI is InChI=1S/C8H9NO.H2O4S/c1-9-8-4-2-7(6-10)3-5-8;1-5(2,3)4/h2-6,9H,1H3;(H2,1,2,3,4). The summed E-state index contributed by atoms with van der Waals surface area (Å²) < 4.78 is 31.6. The van der Waals surface area contributed by atoms with E-state index in [1.807, 2.05) is 19.2 Å². The molecule has 0 amide bonds. The highest BCUT2D eigenvalue weighted by atomic mass is 32.3. The molecule has 0 spiro atoms. The lowest BCUT2D eigenvalue weighted by Gasteiger charge is -1.97. The van der Waals surface area contributed by atoms with Crippen LogP contribution in [0.1, 0.15) is 10.4 Å². The third-order valence-corrected chi connectivity index (χ3v) is 1.34. The molecule has 1 aromatic rings. The first-order chi connectivity index (χ1) is 6.86. The Bertz CT molecular complexity index is 390. The molecular formula is C8H11NO5S. The summed E-state index contributed by atoms with van der Waals surface area (Å²) >= 11 is 0. The van der Waals surface area contributed by atoms with E-state index in [0.717, 1.165) is 12.0 Å². The van der Waals surface area contributed by atoms with Gasteiger partial charge in [-0.05, 0) is 24.3 Å². The average Bonchev–Trinajstić information content (AvgIpc) is 2.15. The van der Waals surface area contributed by atoms with E-state index in [2.05, 4.69) is 5.32 Å². The Balaban J connectivity index is 0.000000336. The van der Waals surface area contributed by atoms with Gasteiger partial charge in [0.2, 0.25) is 0 Å². The third kappa shape index (κ3) is 8.88. The molecule has 0 heterocycles. The van der Waals surface area contributed by atoms with Crippen molar-refractivity contribution in [2.24, 2.45) is 0 Å². The minimum Gasteiger partial charge on any atom is -0.388 e. The van der Waals surface area contributed by atoms with Crippen LogP contribution in [0.3, 0.4) is 0 Å². The zero-order chi connectivity index (χ0) is 11.9. The maximum atomic E-state index is 10.2. The van der Waals surface area contributed by atoms with E-state index < -0.39 is 10.4 Å². The SMILES string of the molecule is CNc1ccc(C=O)cc1.O=S(=O)(O)O. The van der Waals surface area contributed by atoms with Gasteiger partial charge in [-0.25, -0.2) is 0 Å². The number of nitrogens with one attached hydrogen (secondary N) is 1. The monoisotopic (exact) mass is 233 g/mol. The highest BCUT2D eigenvalue weighted by molar-refractivity contribution is 7.79. The lowest BCUT2D eigenvalue weighted by atomic mass is 10.2. The fourth-order valence-corrected chi connectivity index (χ4v) is 0.728. The van der Waals surface area contributed by atoms with Crippen LogP contribution in [0.2, 0.25) is 0 Å². The number of carbonyl (C=O) groups is 1. The van der Waals surface area contributed by atoms with Gasteiger partial charge >= 0.3 is 10.4 Å². The van der Waals surface area contributed by atoms with Crippen LogP contribution in [-0.2, 0) is 10.4 Å². The van der Waals surface area contributed by atoms with E-state index in [4.69, 9.17) is 17.5 Å². The van der Waals surface area contributed by atoms with Gasteiger partial charge in [0.25, 0.3) is 0 Å². The summed E-state index contributed by atoms with van der Waals surface area (Å²) in [5, 5.41) is 2.96. The van der Waals surface area contributed by atoms with Crippen molar-refractivity contribution in [3.8, 4) is 0 Å². The number of carbonyl (C=O) groups excluding carboxylic acids is 1. The predicted octanol–water partition coefficient (Wildman–Crippen LogP) is 0.888. The average molecular weight is 233 g/mol. The molecule has 6 nitrogen and oxygen atoms in total. The highest BCUT2D eigenvalue weighted by Crippen LogP contribution is 2.05. The molecular weight excluding hydrogens is 222 g/mol. The van der Waals surface area contributed by atoms with Crippen molar-refractivity contribution in [1.29, 1.82) is 0 Å². The molecule has 0 aliphatic carbocycles. The molecule has 84 valence electrons. The minimum absolute atomic E-state index is 0.707. The van der Waals surface area contributed by atoms with Gasteiger partial charge in [0.1, 0.15) is 6.29 Å². The Morgan fingerprint density at radius 3 is 1.87 bits per heavy atom. The maximum absolute atomic E-state index is 10.2. The van der Waals surface area contributed by atoms with E-state index in [9.17, 15) is 4.79 Å². The van der Waals surface area contributed by atoms with Gasteiger partial charge in [0, 0.05) is 18.3 Å². The number of hydrogen-bond donors (Lipinski definition) is 3. The molecule has 0 saturated heterocycles. The van der Waals surface area contributed by atoms with E-state index in [0.29, 0.717) is 5.56 Å². The van der Waals surface area contributed by atoms with Crippen LogP contribution in [0.4, 0.5) is 5.69 Å². The van der Waals surface area contributed by atoms with Crippen molar-refractivity contribution < 1.29 is 22.3 Å². The molecule has 1 aromatic carbocycles. The van der Waals surface area contributed by atoms with Crippen molar-refractivity contribution in [3.63, 3.8) is 0 Å². The Kier molecular flexibility index (Phi) is 5.53. The van der Waals surface area contributed by atoms with Crippen LogP contribution in [0.25, 0.3) is 0 Å². The molecule has 15 heavy (non-hydrogen) atoms. The molecule has 0 saturated carbocycles. The smallest absolute Gasteiger partial charge is 0.388 e. The van der Waals surface area contributed by atoms with Gasteiger partial charge < -0.3 is 5.32 Å². The molecule has 0 bridgehead atoms. The highest BCUT2D eigenvalue weighted by Gasteiger charge is 1.88. The van der Waals surface area contributed by atoms with Gasteiger partial charge in [-0.2, -0.15) is 8.42 Å². The molecule has 0 radical (unpaired) electrons. The van der Waals surface area contributed by atoms with Gasteiger partial charge in [-0.15, -0.1) is 0 Å². The Morgan fingerprint density at radius 1 is 1.20 bits per heavy atom. The Hall–Kier alpha value is -1.44. The van der Waals surface area contributed by atoms with E-state index in [-0.39, 0.29) is 0 Å². The second-order valence-electron chi connectivity index (χ2n) is 2.44. The largest absolute Gasteiger partial charge is 0.394 e. The third-order valence-electron chi connectivity index (χ3n) is 1.34. The summed E-state index contributed by atoms with van der Waals surface area (Å²) in [5.41, 5.74) is 1.73. The topological polar surface area (TPSA) is 104 Å². The summed E-state index contributed by atoms with van der Waals surface area (Å²) in [6, 6.07) is 7.28. The first-order valence-corrected chi connectivity index (χ1v) is 5.19. The van der Waals surface area contributed by atoms with E-state index in [1.165, 1.54) is 0 Å². The van der Waals surface area contributed by atoms with Gasteiger partial charge in [0.15, 0.2) is 0 Å². The lowest BCUT2D eigenvalue weighted by Crippen LogP contribution is -1.89. The molecule has 1 rings (SSSR count). The number of anilines is 1. The Labute approximate surface area is 87.5 Å². The van der Waals surface area contributed by atoms with Crippen molar-refractivity contribution in [1.82, 2.24) is 0 Å². The second kappa shape index (κ2) is 6.12. The molecule has 0 atom stereocenters. The quantitative estimate of drug-likeness (QED) is 0.517. The van der Waals surface area contributed by atoms with Gasteiger partial charge in [-0.3, -0.25) is 13.9 Å². The van der Waals surface area contributed by atoms with E-state index >= 15 is 0 Å². The van der Waals surface area contributed by atoms with Gasteiger partial charge in [0.05, 0.1) is 0 Å². The zero-order valence-corrected chi connectivity index (χ0v) is 8.73. The molecule has 0 aliphatic heterocycles. The van der Waals surface area contributed by atoms with Crippen LogP contribution in [-0.4, -0.2) is 30.9 Å². The van der Waals surface area contributed by atoms with Crippen molar-refractivity contribution in [2.45, 2.75) is 0 Å². The Morgan fingerprint density at radius 2 is 1.60 bits per heavy atom. The molecule has 0 fully saturated rings. The van der Waals surface area contributed by atoms with Crippen LogP contribution in [0, 0.1) is 0 Å². The number of benzene rings is 1. The van der Waals surface area contributed by atoms with Crippen LogP contribution >= 0.6 is 0 Å². The zero-order valence-electron chi connectivity index (χ0n) is 7.91. The molecule has 0 aromatic heterocycles. The summed E-state index contributed by atoms with van der Waals surface area (Å²) in [6.45, 7) is 0. The van der Waals surface area contributed by atoms with Crippen LogP contribution in [0.15, 0.2) is 24.3 Å². The first kappa shape index (κ1) is 13.6. The minimum atomic E-state index is -4.67. The van der Waals surface area contributed by atoms with Crippen molar-refractivity contribution in [3.05, 3.63) is 29.8 Å². The molecule has 7 heteroatoms. The normalized spacial score (nSPS) is 9.80. The summed E-state index contributed by atoms with van der Waals surface area (Å²) in [6.07, 6.45) is 0.833.